The quantitative estimate of drug-likeness (QED) is 0.449. The first kappa shape index (κ1) is 21.3. The predicted molar refractivity (Wildman–Crippen MR) is 129 cm³/mol. The second-order valence-electron chi connectivity index (χ2n) is 7.44. The molecule has 0 aliphatic carbocycles. The van der Waals surface area contributed by atoms with Crippen molar-refractivity contribution in [3.8, 4) is 5.69 Å². The van der Waals surface area contributed by atoms with E-state index in [9.17, 15) is 14.4 Å². The zero-order chi connectivity index (χ0) is 22.3. The second kappa shape index (κ2) is 8.28. The summed E-state index contributed by atoms with van der Waals surface area (Å²) in [5.74, 6) is -0.342. The number of carbonyl (C=O) groups excluding carboxylic acids is 1. The molecule has 0 saturated carbocycles. The van der Waals surface area contributed by atoms with Crippen molar-refractivity contribution in [3.63, 3.8) is 0 Å². The van der Waals surface area contributed by atoms with Crippen LogP contribution in [0.15, 0.2) is 61.9 Å². The molecule has 6 nitrogen and oxygen atoms in total. The lowest BCUT2D eigenvalue weighted by Crippen LogP contribution is -2.40. The topological polar surface area (TPSA) is 73.1 Å². The van der Waals surface area contributed by atoms with Gasteiger partial charge in [-0.25, -0.2) is 9.36 Å². The number of benzene rings is 2. The van der Waals surface area contributed by atoms with Crippen LogP contribution in [0.1, 0.15) is 16.7 Å². The zero-order valence-corrected chi connectivity index (χ0v) is 19.6. The van der Waals surface area contributed by atoms with Gasteiger partial charge < -0.3 is 5.32 Å². The summed E-state index contributed by atoms with van der Waals surface area (Å²) < 4.78 is 3.87. The molecule has 0 unspecified atom stereocenters. The molecule has 0 radical (unpaired) electrons. The average Bonchev–Trinajstić information content (AvgIpc) is 3.19. The number of aromatic nitrogens is 2. The maximum atomic E-state index is 13.4. The maximum absolute atomic E-state index is 13.4. The van der Waals surface area contributed by atoms with Crippen LogP contribution >= 0.6 is 27.3 Å². The van der Waals surface area contributed by atoms with Gasteiger partial charge in [-0.15, -0.1) is 11.3 Å². The van der Waals surface area contributed by atoms with E-state index < -0.39 is 5.69 Å². The summed E-state index contributed by atoms with van der Waals surface area (Å²) in [6.07, 6.45) is 0. The first-order valence-corrected chi connectivity index (χ1v) is 11.3. The van der Waals surface area contributed by atoms with Gasteiger partial charge in [0.1, 0.15) is 11.2 Å². The number of halogens is 1. The average molecular weight is 498 g/mol. The summed E-state index contributed by atoms with van der Waals surface area (Å²) in [7, 11) is 0. The Morgan fingerprint density at radius 2 is 1.81 bits per heavy atom. The smallest absolute Gasteiger partial charge is 0.324 e. The van der Waals surface area contributed by atoms with E-state index in [1.807, 2.05) is 45.0 Å². The molecule has 8 heteroatoms. The Morgan fingerprint density at radius 3 is 2.52 bits per heavy atom. The summed E-state index contributed by atoms with van der Waals surface area (Å²) in [4.78, 5) is 39.3. The van der Waals surface area contributed by atoms with Crippen molar-refractivity contribution in [1.29, 1.82) is 0 Å². The van der Waals surface area contributed by atoms with E-state index in [1.165, 1.54) is 15.9 Å². The lowest BCUT2D eigenvalue weighted by Gasteiger charge is -2.15. The summed E-state index contributed by atoms with van der Waals surface area (Å²) >= 11 is 4.67. The van der Waals surface area contributed by atoms with Crippen molar-refractivity contribution in [1.82, 2.24) is 9.13 Å². The van der Waals surface area contributed by atoms with Gasteiger partial charge in [0, 0.05) is 10.2 Å². The highest BCUT2D eigenvalue weighted by atomic mass is 79.9. The van der Waals surface area contributed by atoms with E-state index in [4.69, 9.17) is 0 Å². The SMILES string of the molecule is Cc1ccc(-n2c(=O)c3sccc3n(CC(=O)Nc3ccc(Br)cc3C)c2=O)c(C)c1. The minimum atomic E-state index is -0.537. The predicted octanol–water partition coefficient (Wildman–Crippen LogP) is 4.54. The first-order chi connectivity index (χ1) is 14.8. The largest absolute Gasteiger partial charge is 0.336 e. The van der Waals surface area contributed by atoms with Gasteiger partial charge >= 0.3 is 5.69 Å². The Morgan fingerprint density at radius 1 is 1.03 bits per heavy atom. The third-order valence-electron chi connectivity index (χ3n) is 5.11. The van der Waals surface area contributed by atoms with Gasteiger partial charge in [0.05, 0.1) is 11.2 Å². The number of aryl methyl sites for hydroxylation is 3. The Labute approximate surface area is 190 Å². The van der Waals surface area contributed by atoms with Crippen molar-refractivity contribution >= 4 is 49.1 Å². The molecule has 0 bridgehead atoms. The van der Waals surface area contributed by atoms with Gasteiger partial charge in [-0.05, 0) is 67.6 Å². The Balaban J connectivity index is 1.81. The number of carbonyl (C=O) groups is 1. The lowest BCUT2D eigenvalue weighted by atomic mass is 10.1. The second-order valence-corrected chi connectivity index (χ2v) is 9.27. The molecule has 1 amide bonds. The lowest BCUT2D eigenvalue weighted by molar-refractivity contribution is -0.116. The van der Waals surface area contributed by atoms with Gasteiger partial charge in [0.2, 0.25) is 5.91 Å². The van der Waals surface area contributed by atoms with Crippen LogP contribution in [0.5, 0.6) is 0 Å². The minimum Gasteiger partial charge on any atom is -0.324 e. The van der Waals surface area contributed by atoms with E-state index in [-0.39, 0.29) is 18.0 Å². The number of amides is 1. The van der Waals surface area contributed by atoms with Crippen LogP contribution in [0, 0.1) is 20.8 Å². The van der Waals surface area contributed by atoms with Gasteiger partial charge in [-0.2, -0.15) is 0 Å². The number of nitrogens with one attached hydrogen (secondary N) is 1. The molecule has 2 aromatic heterocycles. The molecule has 2 heterocycles. The molecule has 31 heavy (non-hydrogen) atoms. The maximum Gasteiger partial charge on any atom is 0.336 e. The van der Waals surface area contributed by atoms with Crippen molar-refractivity contribution in [3.05, 3.63) is 89.8 Å². The van der Waals surface area contributed by atoms with E-state index in [0.717, 1.165) is 25.7 Å². The molecular weight excluding hydrogens is 478 g/mol. The number of hydrogen-bond donors (Lipinski definition) is 1. The molecule has 0 atom stereocenters. The highest BCUT2D eigenvalue weighted by Gasteiger charge is 2.19. The molecule has 0 fully saturated rings. The highest BCUT2D eigenvalue weighted by molar-refractivity contribution is 9.10. The fraction of sp³-hybridized carbons (Fsp3) is 0.174. The van der Waals surface area contributed by atoms with Crippen LogP contribution in [0.25, 0.3) is 15.9 Å². The van der Waals surface area contributed by atoms with Gasteiger partial charge in [0.25, 0.3) is 5.56 Å². The van der Waals surface area contributed by atoms with Gasteiger partial charge in [-0.1, -0.05) is 33.6 Å². The van der Waals surface area contributed by atoms with Crippen molar-refractivity contribution in [2.75, 3.05) is 5.32 Å². The molecular formula is C23H20BrN3O3S. The standard InChI is InChI=1S/C23H20BrN3O3S/c1-13-4-7-18(15(3)10-13)27-22(29)21-19(8-9-31-21)26(23(27)30)12-20(28)25-17-6-5-16(24)11-14(17)2/h4-11H,12H2,1-3H3,(H,25,28). The number of nitrogens with zero attached hydrogens (tertiary/aromatic N) is 2. The molecule has 158 valence electrons. The van der Waals surface area contributed by atoms with E-state index >= 15 is 0 Å². The van der Waals surface area contributed by atoms with Crippen molar-refractivity contribution in [2.45, 2.75) is 27.3 Å². The zero-order valence-electron chi connectivity index (χ0n) is 17.2. The molecule has 0 aliphatic rings. The van der Waals surface area contributed by atoms with Crippen LogP contribution in [-0.4, -0.2) is 15.0 Å². The molecule has 4 rings (SSSR count). The van der Waals surface area contributed by atoms with E-state index in [1.54, 1.807) is 23.6 Å². The van der Waals surface area contributed by atoms with Crippen LogP contribution in [0.2, 0.25) is 0 Å². The van der Waals surface area contributed by atoms with Crippen molar-refractivity contribution in [2.24, 2.45) is 0 Å². The highest BCUT2D eigenvalue weighted by Crippen LogP contribution is 2.21. The molecule has 0 aliphatic heterocycles. The fourth-order valence-electron chi connectivity index (χ4n) is 3.61. The van der Waals surface area contributed by atoms with Gasteiger partial charge in [-0.3, -0.25) is 14.2 Å². The first-order valence-electron chi connectivity index (χ1n) is 9.63. The normalized spacial score (nSPS) is 11.1. The fourth-order valence-corrected chi connectivity index (χ4v) is 4.91. The van der Waals surface area contributed by atoms with E-state index in [2.05, 4.69) is 21.2 Å². The van der Waals surface area contributed by atoms with Crippen LogP contribution in [0.4, 0.5) is 5.69 Å². The minimum absolute atomic E-state index is 0.202. The number of fused-ring (bicyclic) bond motifs is 1. The number of thiophene rings is 1. The Bertz CT molecular complexity index is 1450. The van der Waals surface area contributed by atoms with Crippen LogP contribution in [-0.2, 0) is 11.3 Å². The third kappa shape index (κ3) is 4.00. The summed E-state index contributed by atoms with van der Waals surface area (Å²) in [5.41, 5.74) is 3.50. The molecule has 0 spiro atoms. The molecule has 1 N–H and O–H groups in total. The Hall–Kier alpha value is -2.97. The molecule has 2 aromatic carbocycles. The number of anilines is 1. The van der Waals surface area contributed by atoms with Crippen molar-refractivity contribution < 1.29 is 4.79 Å². The summed E-state index contributed by atoms with van der Waals surface area (Å²) in [5, 5.41) is 4.61. The van der Waals surface area contributed by atoms with Crippen LogP contribution in [0.3, 0.4) is 0 Å². The monoisotopic (exact) mass is 497 g/mol. The third-order valence-corrected chi connectivity index (χ3v) is 6.50. The van der Waals surface area contributed by atoms with Gasteiger partial charge in [0.15, 0.2) is 0 Å². The molecule has 4 aromatic rings. The number of hydrogen-bond acceptors (Lipinski definition) is 4. The number of rotatable bonds is 4. The molecule has 0 saturated heterocycles. The summed E-state index contributed by atoms with van der Waals surface area (Å²) in [6, 6.07) is 12.8. The van der Waals surface area contributed by atoms with Crippen LogP contribution < -0.4 is 16.6 Å². The van der Waals surface area contributed by atoms with E-state index in [0.29, 0.717) is 21.6 Å². The Kier molecular flexibility index (Phi) is 5.68. The summed E-state index contributed by atoms with van der Waals surface area (Å²) in [6.45, 7) is 5.51.